The molecule has 27 heavy (non-hydrogen) atoms. The summed E-state index contributed by atoms with van der Waals surface area (Å²) in [6, 6.07) is 5.25. The van der Waals surface area contributed by atoms with Crippen molar-refractivity contribution < 1.29 is 13.2 Å². The van der Waals surface area contributed by atoms with E-state index in [0.29, 0.717) is 24.6 Å². The zero-order chi connectivity index (χ0) is 19.0. The molecule has 2 N–H and O–H groups in total. The molecular formula is C18H25F3IN5. The lowest BCUT2D eigenvalue weighted by Gasteiger charge is -2.12. The molecule has 0 spiro atoms. The summed E-state index contributed by atoms with van der Waals surface area (Å²) in [5.41, 5.74) is 1.03. The highest BCUT2D eigenvalue weighted by atomic mass is 127. The zero-order valence-electron chi connectivity index (χ0n) is 15.4. The van der Waals surface area contributed by atoms with Crippen LogP contribution in [0.3, 0.4) is 0 Å². The summed E-state index contributed by atoms with van der Waals surface area (Å²) in [5.74, 6) is 0.594. The van der Waals surface area contributed by atoms with Gasteiger partial charge in [-0.15, -0.1) is 24.0 Å². The number of guanidine groups is 1. The molecule has 0 unspecified atom stereocenters. The van der Waals surface area contributed by atoms with Gasteiger partial charge in [0.05, 0.1) is 18.3 Å². The van der Waals surface area contributed by atoms with Gasteiger partial charge in [0.2, 0.25) is 0 Å². The first kappa shape index (κ1) is 23.3. The number of halogens is 4. The van der Waals surface area contributed by atoms with Crippen molar-refractivity contribution in [2.24, 2.45) is 12.0 Å². The van der Waals surface area contributed by atoms with Crippen LogP contribution in [0.2, 0.25) is 0 Å². The van der Waals surface area contributed by atoms with Gasteiger partial charge in [-0.05, 0) is 43.0 Å². The van der Waals surface area contributed by atoms with Crippen LogP contribution in [0.5, 0.6) is 0 Å². The van der Waals surface area contributed by atoms with Crippen molar-refractivity contribution in [2.45, 2.75) is 32.5 Å². The maximum Gasteiger partial charge on any atom is 0.416 e. The number of aryl methyl sites for hydroxylation is 2. The zero-order valence-corrected chi connectivity index (χ0v) is 17.7. The van der Waals surface area contributed by atoms with Gasteiger partial charge >= 0.3 is 6.18 Å². The van der Waals surface area contributed by atoms with Gasteiger partial charge in [0, 0.05) is 26.3 Å². The van der Waals surface area contributed by atoms with Crippen molar-refractivity contribution in [3.05, 3.63) is 53.3 Å². The SMILES string of the molecule is CCNC(=NCc1cccc(C(F)(F)F)c1)NCCCc1cnn(C)c1.I. The third-order valence-corrected chi connectivity index (χ3v) is 3.71. The van der Waals surface area contributed by atoms with E-state index in [4.69, 9.17) is 0 Å². The molecule has 1 aromatic heterocycles. The highest BCUT2D eigenvalue weighted by Crippen LogP contribution is 2.29. The molecule has 0 radical (unpaired) electrons. The Hall–Kier alpha value is -1.78. The number of benzene rings is 1. The van der Waals surface area contributed by atoms with Gasteiger partial charge in [-0.1, -0.05) is 12.1 Å². The predicted octanol–water partition coefficient (Wildman–Crippen LogP) is 3.74. The van der Waals surface area contributed by atoms with Crippen LogP contribution in [0.4, 0.5) is 13.2 Å². The highest BCUT2D eigenvalue weighted by molar-refractivity contribution is 14.0. The van der Waals surface area contributed by atoms with Crippen LogP contribution in [-0.2, 0) is 26.2 Å². The first-order chi connectivity index (χ1) is 12.4. The molecule has 0 bridgehead atoms. The standard InChI is InChI=1S/C18H24F3N5.HI/c1-3-22-17(23-9-5-7-15-12-25-26(2)13-15)24-11-14-6-4-8-16(10-14)18(19,20)21;/h4,6,8,10,12-13H,3,5,7,9,11H2,1-2H3,(H2,22,23,24);1H. The lowest BCUT2D eigenvalue weighted by atomic mass is 10.1. The molecule has 1 aromatic carbocycles. The van der Waals surface area contributed by atoms with Gasteiger partial charge in [0.15, 0.2) is 5.96 Å². The van der Waals surface area contributed by atoms with Crippen LogP contribution in [0.15, 0.2) is 41.7 Å². The summed E-state index contributed by atoms with van der Waals surface area (Å²) in [6.45, 7) is 3.51. The van der Waals surface area contributed by atoms with Gasteiger partial charge in [-0.25, -0.2) is 4.99 Å². The second-order valence-electron chi connectivity index (χ2n) is 5.95. The fourth-order valence-corrected chi connectivity index (χ4v) is 2.46. The summed E-state index contributed by atoms with van der Waals surface area (Å²) >= 11 is 0. The molecular weight excluding hydrogens is 470 g/mol. The van der Waals surface area contributed by atoms with E-state index >= 15 is 0 Å². The summed E-state index contributed by atoms with van der Waals surface area (Å²) in [4.78, 5) is 4.37. The van der Waals surface area contributed by atoms with Crippen LogP contribution in [0.1, 0.15) is 30.0 Å². The predicted molar refractivity (Wildman–Crippen MR) is 111 cm³/mol. The molecule has 0 saturated heterocycles. The summed E-state index contributed by atoms with van der Waals surface area (Å²) in [6.07, 6.45) is 1.28. The first-order valence-electron chi connectivity index (χ1n) is 8.54. The third-order valence-electron chi connectivity index (χ3n) is 3.71. The van der Waals surface area contributed by atoms with Gasteiger partial charge in [0.25, 0.3) is 0 Å². The van der Waals surface area contributed by atoms with Crippen molar-refractivity contribution in [1.82, 2.24) is 20.4 Å². The third kappa shape index (κ3) is 8.19. The minimum absolute atomic E-state index is 0. The van der Waals surface area contributed by atoms with Crippen molar-refractivity contribution in [3.63, 3.8) is 0 Å². The summed E-state index contributed by atoms with van der Waals surface area (Å²) in [7, 11) is 1.88. The number of aliphatic imine (C=N–C) groups is 1. The molecule has 0 atom stereocenters. The number of rotatable bonds is 7. The first-order valence-corrected chi connectivity index (χ1v) is 8.54. The average Bonchev–Trinajstić information content (AvgIpc) is 3.01. The minimum Gasteiger partial charge on any atom is -0.357 e. The lowest BCUT2D eigenvalue weighted by Crippen LogP contribution is -2.37. The largest absolute Gasteiger partial charge is 0.416 e. The van der Waals surface area contributed by atoms with Crippen molar-refractivity contribution in [2.75, 3.05) is 13.1 Å². The Kier molecular flexibility index (Phi) is 9.61. The van der Waals surface area contributed by atoms with E-state index in [1.54, 1.807) is 10.7 Å². The van der Waals surface area contributed by atoms with E-state index in [9.17, 15) is 13.2 Å². The minimum atomic E-state index is -4.34. The van der Waals surface area contributed by atoms with Gasteiger partial charge in [-0.2, -0.15) is 18.3 Å². The Bertz CT molecular complexity index is 728. The maximum absolute atomic E-state index is 12.8. The number of nitrogens with zero attached hydrogens (tertiary/aromatic N) is 3. The number of aromatic nitrogens is 2. The van der Waals surface area contributed by atoms with Crippen LogP contribution in [-0.4, -0.2) is 28.8 Å². The smallest absolute Gasteiger partial charge is 0.357 e. The average molecular weight is 495 g/mol. The molecule has 0 aliphatic rings. The van der Waals surface area contributed by atoms with Crippen LogP contribution in [0.25, 0.3) is 0 Å². The number of hydrogen-bond donors (Lipinski definition) is 2. The van der Waals surface area contributed by atoms with E-state index in [0.717, 1.165) is 25.0 Å². The van der Waals surface area contributed by atoms with Crippen molar-refractivity contribution >= 4 is 29.9 Å². The van der Waals surface area contributed by atoms with Crippen molar-refractivity contribution in [1.29, 1.82) is 0 Å². The molecule has 2 aromatic rings. The summed E-state index contributed by atoms with van der Waals surface area (Å²) < 4.78 is 40.1. The number of hydrogen-bond acceptors (Lipinski definition) is 2. The van der Waals surface area contributed by atoms with Gasteiger partial charge in [0.1, 0.15) is 0 Å². The Labute approximate surface area is 174 Å². The van der Waals surface area contributed by atoms with E-state index in [-0.39, 0.29) is 30.5 Å². The Morgan fingerprint density at radius 3 is 2.63 bits per heavy atom. The quantitative estimate of drug-likeness (QED) is 0.267. The molecule has 0 amide bonds. The monoisotopic (exact) mass is 495 g/mol. The molecule has 0 aliphatic carbocycles. The second kappa shape index (κ2) is 11.2. The van der Waals surface area contributed by atoms with Gasteiger partial charge in [-0.3, -0.25) is 4.68 Å². The molecule has 0 aliphatic heterocycles. The topological polar surface area (TPSA) is 54.2 Å². The highest BCUT2D eigenvalue weighted by Gasteiger charge is 2.30. The normalized spacial score (nSPS) is 11.8. The lowest BCUT2D eigenvalue weighted by molar-refractivity contribution is -0.137. The van der Waals surface area contributed by atoms with Crippen molar-refractivity contribution in [3.8, 4) is 0 Å². The number of nitrogens with one attached hydrogen (secondary N) is 2. The van der Waals surface area contributed by atoms with Crippen LogP contribution < -0.4 is 10.6 Å². The molecule has 150 valence electrons. The van der Waals surface area contributed by atoms with Gasteiger partial charge < -0.3 is 10.6 Å². The fourth-order valence-electron chi connectivity index (χ4n) is 2.46. The van der Waals surface area contributed by atoms with Crippen LogP contribution >= 0.6 is 24.0 Å². The Morgan fingerprint density at radius 2 is 2.00 bits per heavy atom. The number of alkyl halides is 3. The Morgan fingerprint density at radius 1 is 1.22 bits per heavy atom. The molecule has 9 heteroatoms. The molecule has 1 heterocycles. The van der Waals surface area contributed by atoms with Crippen LogP contribution in [0, 0.1) is 0 Å². The summed E-state index contributed by atoms with van der Waals surface area (Å²) in [5, 5.41) is 10.4. The molecule has 2 rings (SSSR count). The van der Waals surface area contributed by atoms with E-state index in [1.807, 2.05) is 26.4 Å². The molecule has 0 fully saturated rings. The fraction of sp³-hybridized carbons (Fsp3) is 0.444. The van der Waals surface area contributed by atoms with E-state index in [1.165, 1.54) is 11.6 Å². The maximum atomic E-state index is 12.8. The molecule has 0 saturated carbocycles. The van der Waals surface area contributed by atoms with E-state index in [2.05, 4.69) is 20.7 Å². The van der Waals surface area contributed by atoms with E-state index < -0.39 is 11.7 Å². The Balaban J connectivity index is 0.00000364. The molecule has 5 nitrogen and oxygen atoms in total. The second-order valence-corrected chi connectivity index (χ2v) is 5.95.